The Morgan fingerprint density at radius 1 is 1.31 bits per heavy atom. The number of nitrogens with one attached hydrogen (secondary N) is 1. The van der Waals surface area contributed by atoms with E-state index in [0.29, 0.717) is 0 Å². The number of carbonyl (C=O) groups is 2. The molecule has 0 aromatic heterocycles. The normalized spacial score (nSPS) is 11.5. The van der Waals surface area contributed by atoms with Gasteiger partial charge in [0.25, 0.3) is 5.91 Å². The van der Waals surface area contributed by atoms with Gasteiger partial charge in [-0.1, -0.05) is 11.6 Å². The first-order valence-corrected chi connectivity index (χ1v) is 7.57. The summed E-state index contributed by atoms with van der Waals surface area (Å²) < 4.78 is 18.3. The molecule has 0 fully saturated rings. The number of nitrogens with two attached hydrogens (primary N) is 1. The molecule has 1 amide bonds. The molecule has 0 heterocycles. The highest BCUT2D eigenvalue weighted by Gasteiger charge is 2.21. The van der Waals surface area contributed by atoms with Crippen LogP contribution in [0.1, 0.15) is 17.3 Å². The summed E-state index contributed by atoms with van der Waals surface area (Å²) in [6.07, 6.45) is -1.22. The molecule has 26 heavy (non-hydrogen) atoms. The van der Waals surface area contributed by atoms with Crippen molar-refractivity contribution in [2.75, 3.05) is 11.1 Å². The molecule has 3 N–H and O–H groups in total. The molecule has 1 atom stereocenters. The van der Waals surface area contributed by atoms with Gasteiger partial charge in [-0.25, -0.2) is 4.79 Å². The lowest BCUT2D eigenvalue weighted by molar-refractivity contribution is -0.387. The number of halogens is 2. The van der Waals surface area contributed by atoms with Gasteiger partial charge in [0.05, 0.1) is 21.2 Å². The molecule has 10 heteroatoms. The van der Waals surface area contributed by atoms with Gasteiger partial charge in [-0.2, -0.15) is 4.39 Å². The van der Waals surface area contributed by atoms with Crippen molar-refractivity contribution in [3.8, 4) is 0 Å². The van der Waals surface area contributed by atoms with Crippen LogP contribution in [-0.4, -0.2) is 22.9 Å². The summed E-state index contributed by atoms with van der Waals surface area (Å²) in [5.74, 6) is -2.59. The lowest BCUT2D eigenvalue weighted by Gasteiger charge is -2.14. The predicted molar refractivity (Wildman–Crippen MR) is 92.4 cm³/mol. The summed E-state index contributed by atoms with van der Waals surface area (Å²) in [4.78, 5) is 33.9. The number of esters is 1. The number of nitro benzene ring substituents is 1. The van der Waals surface area contributed by atoms with Crippen LogP contribution in [-0.2, 0) is 9.53 Å². The zero-order chi connectivity index (χ0) is 19.4. The number of nitrogens with zero attached hydrogens (tertiary/aromatic N) is 1. The van der Waals surface area contributed by atoms with E-state index >= 15 is 0 Å². The van der Waals surface area contributed by atoms with E-state index in [0.717, 1.165) is 18.2 Å². The van der Waals surface area contributed by atoms with Crippen molar-refractivity contribution < 1.29 is 23.6 Å². The highest BCUT2D eigenvalue weighted by atomic mass is 35.5. The maximum absolute atomic E-state index is 13.3. The Morgan fingerprint density at radius 3 is 2.62 bits per heavy atom. The number of rotatable bonds is 5. The van der Waals surface area contributed by atoms with Crippen LogP contribution in [0.3, 0.4) is 0 Å². The molecule has 0 saturated heterocycles. The van der Waals surface area contributed by atoms with E-state index in [1.54, 1.807) is 0 Å². The summed E-state index contributed by atoms with van der Waals surface area (Å²) >= 11 is 5.76. The molecule has 0 aliphatic carbocycles. The zero-order valence-corrected chi connectivity index (χ0v) is 14.1. The molecular weight excluding hydrogens is 369 g/mol. The average Bonchev–Trinajstić information content (AvgIpc) is 2.58. The first kappa shape index (κ1) is 19.1. The predicted octanol–water partition coefficient (Wildman–Crippen LogP) is 3.15. The van der Waals surface area contributed by atoms with Gasteiger partial charge in [0, 0.05) is 11.8 Å². The standard InChI is InChI=1S/C16H13ClFN3O5/c1-8(26-16(23)9-2-4-11(17)13(19)6-9)15(22)20-10-3-5-12(18)14(7-10)21(24)25/h2-8H,19H2,1H3,(H,20,22)/t8-/m1/s1. The molecule has 2 aromatic rings. The first-order chi connectivity index (χ1) is 12.2. The first-order valence-electron chi connectivity index (χ1n) is 7.20. The molecule has 0 bridgehead atoms. The number of amides is 1. The van der Waals surface area contributed by atoms with Crippen molar-refractivity contribution in [3.05, 3.63) is 62.9 Å². The Hall–Kier alpha value is -3.20. The Balaban J connectivity index is 2.05. The molecule has 0 unspecified atom stereocenters. The minimum absolute atomic E-state index is 0.0123. The molecule has 0 radical (unpaired) electrons. The summed E-state index contributed by atoms with van der Waals surface area (Å²) in [6, 6.07) is 6.96. The van der Waals surface area contributed by atoms with Crippen LogP contribution in [0.2, 0.25) is 5.02 Å². The molecule has 0 aliphatic heterocycles. The van der Waals surface area contributed by atoms with Crippen LogP contribution in [0.25, 0.3) is 0 Å². The molecule has 8 nitrogen and oxygen atoms in total. The SMILES string of the molecule is C[C@@H](OC(=O)c1ccc(Cl)c(N)c1)C(=O)Nc1ccc(F)c([N+](=O)[O-])c1. The van der Waals surface area contributed by atoms with Gasteiger partial charge in [-0.05, 0) is 37.3 Å². The summed E-state index contributed by atoms with van der Waals surface area (Å²) in [5, 5.41) is 13.3. The second-order valence-electron chi connectivity index (χ2n) is 5.20. The lowest BCUT2D eigenvalue weighted by Crippen LogP contribution is -2.30. The van der Waals surface area contributed by atoms with E-state index in [9.17, 15) is 24.1 Å². The van der Waals surface area contributed by atoms with Crippen molar-refractivity contribution in [1.82, 2.24) is 0 Å². The van der Waals surface area contributed by atoms with E-state index in [1.807, 2.05) is 0 Å². The fourth-order valence-electron chi connectivity index (χ4n) is 1.93. The van der Waals surface area contributed by atoms with Gasteiger partial charge < -0.3 is 15.8 Å². The number of nitro groups is 1. The number of ether oxygens (including phenoxy) is 1. The maximum Gasteiger partial charge on any atom is 0.338 e. The van der Waals surface area contributed by atoms with Gasteiger partial charge in [-0.3, -0.25) is 14.9 Å². The van der Waals surface area contributed by atoms with Crippen molar-refractivity contribution in [2.24, 2.45) is 0 Å². The quantitative estimate of drug-likeness (QED) is 0.355. The Labute approximate surface area is 151 Å². The molecule has 0 aliphatic rings. The molecular formula is C16H13ClFN3O5. The summed E-state index contributed by atoms with van der Waals surface area (Å²) in [7, 11) is 0. The fraction of sp³-hybridized carbons (Fsp3) is 0.125. The van der Waals surface area contributed by atoms with E-state index in [2.05, 4.69) is 5.32 Å². The molecule has 2 aromatic carbocycles. The van der Waals surface area contributed by atoms with Crippen LogP contribution in [0.5, 0.6) is 0 Å². The van der Waals surface area contributed by atoms with Gasteiger partial charge in [0.1, 0.15) is 0 Å². The van der Waals surface area contributed by atoms with Crippen molar-refractivity contribution in [2.45, 2.75) is 13.0 Å². The van der Waals surface area contributed by atoms with Gasteiger partial charge in [-0.15, -0.1) is 0 Å². The smallest absolute Gasteiger partial charge is 0.338 e. The van der Waals surface area contributed by atoms with Crippen LogP contribution < -0.4 is 11.1 Å². The highest BCUT2D eigenvalue weighted by molar-refractivity contribution is 6.33. The topological polar surface area (TPSA) is 125 Å². The van der Waals surface area contributed by atoms with E-state index in [-0.39, 0.29) is 22.0 Å². The zero-order valence-electron chi connectivity index (χ0n) is 13.4. The second kappa shape index (κ2) is 7.79. The number of nitrogen functional groups attached to an aromatic ring is 1. The minimum atomic E-state index is -1.22. The maximum atomic E-state index is 13.3. The Morgan fingerprint density at radius 2 is 2.00 bits per heavy atom. The summed E-state index contributed by atoms with van der Waals surface area (Å²) in [5.41, 5.74) is 5.08. The van der Waals surface area contributed by atoms with Crippen molar-refractivity contribution in [1.29, 1.82) is 0 Å². The van der Waals surface area contributed by atoms with Crippen LogP contribution >= 0.6 is 11.6 Å². The third-order valence-electron chi connectivity index (χ3n) is 3.30. The van der Waals surface area contributed by atoms with E-state index in [1.165, 1.54) is 25.1 Å². The second-order valence-corrected chi connectivity index (χ2v) is 5.60. The van der Waals surface area contributed by atoms with Crippen LogP contribution in [0, 0.1) is 15.9 Å². The Kier molecular flexibility index (Phi) is 5.73. The van der Waals surface area contributed by atoms with Gasteiger partial charge in [0.2, 0.25) is 5.82 Å². The third kappa shape index (κ3) is 4.45. The number of hydrogen-bond acceptors (Lipinski definition) is 6. The summed E-state index contributed by atoms with van der Waals surface area (Å²) in [6.45, 7) is 1.31. The minimum Gasteiger partial charge on any atom is -0.449 e. The number of hydrogen-bond donors (Lipinski definition) is 2. The van der Waals surface area contributed by atoms with E-state index in [4.69, 9.17) is 22.1 Å². The molecule has 0 spiro atoms. The average molecular weight is 382 g/mol. The number of carbonyl (C=O) groups excluding carboxylic acids is 2. The van der Waals surface area contributed by atoms with Crippen LogP contribution in [0.4, 0.5) is 21.5 Å². The number of benzene rings is 2. The monoisotopic (exact) mass is 381 g/mol. The number of anilines is 2. The Bertz CT molecular complexity index is 890. The lowest BCUT2D eigenvalue weighted by atomic mass is 10.2. The van der Waals surface area contributed by atoms with E-state index < -0.39 is 34.4 Å². The molecule has 2 rings (SSSR count). The van der Waals surface area contributed by atoms with Crippen molar-refractivity contribution in [3.63, 3.8) is 0 Å². The van der Waals surface area contributed by atoms with Gasteiger partial charge >= 0.3 is 11.7 Å². The molecule has 0 saturated carbocycles. The van der Waals surface area contributed by atoms with Crippen LogP contribution in [0.15, 0.2) is 36.4 Å². The highest BCUT2D eigenvalue weighted by Crippen LogP contribution is 2.22. The third-order valence-corrected chi connectivity index (χ3v) is 3.64. The molecule has 136 valence electrons. The largest absolute Gasteiger partial charge is 0.449 e. The van der Waals surface area contributed by atoms with Crippen molar-refractivity contribution >= 4 is 40.5 Å². The van der Waals surface area contributed by atoms with Gasteiger partial charge in [0.15, 0.2) is 6.10 Å². The fourth-order valence-corrected chi connectivity index (χ4v) is 2.04.